The van der Waals surface area contributed by atoms with Crippen molar-refractivity contribution in [1.29, 1.82) is 0 Å². The Kier molecular flexibility index (Phi) is 5.20. The Labute approximate surface area is 123 Å². The summed E-state index contributed by atoms with van der Waals surface area (Å²) in [5.74, 6) is 0.917. The molecule has 4 heteroatoms. The van der Waals surface area contributed by atoms with E-state index < -0.39 is 0 Å². The van der Waals surface area contributed by atoms with Gasteiger partial charge in [0.2, 0.25) is 0 Å². The van der Waals surface area contributed by atoms with Crippen LogP contribution in [0.2, 0.25) is 5.02 Å². The first-order valence-electron chi connectivity index (χ1n) is 6.20. The van der Waals surface area contributed by atoms with Gasteiger partial charge in [-0.25, -0.2) is 0 Å². The molecule has 0 radical (unpaired) electrons. The van der Waals surface area contributed by atoms with Crippen LogP contribution >= 0.6 is 34.8 Å². The van der Waals surface area contributed by atoms with Gasteiger partial charge in [-0.3, -0.25) is 0 Å². The average molecular weight is 308 g/mol. The fourth-order valence-corrected chi connectivity index (χ4v) is 3.66. The molecule has 1 aromatic rings. The maximum absolute atomic E-state index is 6.29. The summed E-state index contributed by atoms with van der Waals surface area (Å²) in [7, 11) is 0. The van der Waals surface area contributed by atoms with Crippen molar-refractivity contribution in [3.63, 3.8) is 0 Å². The van der Waals surface area contributed by atoms with Gasteiger partial charge in [-0.05, 0) is 30.9 Å². The third-order valence-electron chi connectivity index (χ3n) is 3.60. The maximum Gasteiger partial charge on any atom is 0.0585 e. The quantitative estimate of drug-likeness (QED) is 0.721. The van der Waals surface area contributed by atoms with Gasteiger partial charge in [-0.15, -0.1) is 23.2 Å². The zero-order valence-electron chi connectivity index (χ0n) is 10.2. The molecule has 0 bridgehead atoms. The molecule has 1 fully saturated rings. The molecule has 0 amide bonds. The molecule has 0 aliphatic carbocycles. The molecule has 2 rings (SSSR count). The standard InChI is InChI=1S/C14H17Cl3O/c15-9-14(10-16,8-11-4-3-7-18-11)12-5-1-2-6-13(12)17/h1-2,5-6,11H,3-4,7-10H2. The zero-order valence-corrected chi connectivity index (χ0v) is 12.4. The smallest absolute Gasteiger partial charge is 0.0585 e. The van der Waals surface area contributed by atoms with Crippen LogP contribution in [0.4, 0.5) is 0 Å². The molecule has 0 aromatic heterocycles. The lowest BCUT2D eigenvalue weighted by Crippen LogP contribution is -2.35. The Morgan fingerprint density at radius 2 is 1.94 bits per heavy atom. The van der Waals surface area contributed by atoms with E-state index in [9.17, 15) is 0 Å². The minimum absolute atomic E-state index is 0.249. The summed E-state index contributed by atoms with van der Waals surface area (Å²) in [5.41, 5.74) is 0.739. The highest BCUT2D eigenvalue weighted by Gasteiger charge is 2.36. The second-order valence-corrected chi connectivity index (χ2v) is 5.81. The predicted octanol–water partition coefficient (Wildman–Crippen LogP) is 4.62. The first-order chi connectivity index (χ1) is 8.72. The molecule has 0 spiro atoms. The molecular weight excluding hydrogens is 291 g/mol. The summed E-state index contributed by atoms with van der Waals surface area (Å²) in [6, 6.07) is 7.80. The van der Waals surface area contributed by atoms with Crippen molar-refractivity contribution in [2.45, 2.75) is 30.8 Å². The molecule has 1 aromatic carbocycles. The molecule has 1 heterocycles. The fraction of sp³-hybridized carbons (Fsp3) is 0.571. The minimum atomic E-state index is -0.295. The van der Waals surface area contributed by atoms with Crippen LogP contribution in [-0.4, -0.2) is 24.5 Å². The highest BCUT2D eigenvalue weighted by molar-refractivity contribution is 6.32. The van der Waals surface area contributed by atoms with E-state index in [0.29, 0.717) is 11.8 Å². The highest BCUT2D eigenvalue weighted by Crippen LogP contribution is 2.38. The molecule has 1 unspecified atom stereocenters. The van der Waals surface area contributed by atoms with E-state index in [4.69, 9.17) is 39.5 Å². The number of hydrogen-bond acceptors (Lipinski definition) is 1. The Morgan fingerprint density at radius 1 is 1.22 bits per heavy atom. The van der Waals surface area contributed by atoms with E-state index in [1.165, 1.54) is 0 Å². The lowest BCUT2D eigenvalue weighted by Gasteiger charge is -2.33. The van der Waals surface area contributed by atoms with Gasteiger partial charge in [0.05, 0.1) is 6.10 Å². The molecule has 18 heavy (non-hydrogen) atoms. The van der Waals surface area contributed by atoms with Crippen molar-refractivity contribution in [3.8, 4) is 0 Å². The van der Waals surface area contributed by atoms with Crippen LogP contribution in [0.15, 0.2) is 24.3 Å². The minimum Gasteiger partial charge on any atom is -0.378 e. The number of hydrogen-bond donors (Lipinski definition) is 0. The maximum atomic E-state index is 6.29. The van der Waals surface area contributed by atoms with Crippen molar-refractivity contribution < 1.29 is 4.74 Å². The van der Waals surface area contributed by atoms with Crippen LogP contribution < -0.4 is 0 Å². The Balaban J connectivity index is 2.27. The lowest BCUT2D eigenvalue weighted by atomic mass is 9.78. The normalized spacial score (nSPS) is 20.3. The van der Waals surface area contributed by atoms with Crippen LogP contribution in [0.3, 0.4) is 0 Å². The number of halogens is 3. The van der Waals surface area contributed by atoms with Crippen LogP contribution in [0.1, 0.15) is 24.8 Å². The first kappa shape index (κ1) is 14.5. The van der Waals surface area contributed by atoms with E-state index >= 15 is 0 Å². The number of benzene rings is 1. The third kappa shape index (κ3) is 2.96. The molecule has 100 valence electrons. The van der Waals surface area contributed by atoms with E-state index in [-0.39, 0.29) is 11.5 Å². The first-order valence-corrected chi connectivity index (χ1v) is 7.65. The SMILES string of the molecule is ClCC(CCl)(CC1CCCO1)c1ccccc1Cl. The fourth-order valence-electron chi connectivity index (χ4n) is 2.53. The highest BCUT2D eigenvalue weighted by atomic mass is 35.5. The molecule has 0 N–H and O–H groups in total. The molecule has 1 atom stereocenters. The van der Waals surface area contributed by atoms with Gasteiger partial charge in [-0.1, -0.05) is 29.8 Å². The van der Waals surface area contributed by atoms with Gasteiger partial charge in [0.25, 0.3) is 0 Å². The van der Waals surface area contributed by atoms with Crippen LogP contribution in [0.25, 0.3) is 0 Å². The van der Waals surface area contributed by atoms with Crippen molar-refractivity contribution in [2.75, 3.05) is 18.4 Å². The summed E-state index contributed by atoms with van der Waals surface area (Å²) >= 11 is 18.7. The summed E-state index contributed by atoms with van der Waals surface area (Å²) in [5, 5.41) is 0.733. The summed E-state index contributed by atoms with van der Waals surface area (Å²) in [6.07, 6.45) is 3.29. The average Bonchev–Trinajstić information content (AvgIpc) is 2.90. The number of alkyl halides is 2. The van der Waals surface area contributed by atoms with Crippen LogP contribution in [0.5, 0.6) is 0 Å². The number of rotatable bonds is 5. The third-order valence-corrected chi connectivity index (χ3v) is 4.95. The second kappa shape index (κ2) is 6.47. The molecule has 1 aliphatic heterocycles. The summed E-state index contributed by atoms with van der Waals surface area (Å²) < 4.78 is 5.71. The van der Waals surface area contributed by atoms with E-state index in [1.54, 1.807) is 0 Å². The van der Waals surface area contributed by atoms with Crippen molar-refractivity contribution in [2.24, 2.45) is 0 Å². The summed E-state index contributed by atoms with van der Waals surface area (Å²) in [6.45, 7) is 0.841. The van der Waals surface area contributed by atoms with Gasteiger partial charge >= 0.3 is 0 Å². The van der Waals surface area contributed by atoms with E-state index in [1.807, 2.05) is 24.3 Å². The topological polar surface area (TPSA) is 9.23 Å². The predicted molar refractivity (Wildman–Crippen MR) is 78.2 cm³/mol. The van der Waals surface area contributed by atoms with Gasteiger partial charge in [0.15, 0.2) is 0 Å². The van der Waals surface area contributed by atoms with Crippen molar-refractivity contribution >= 4 is 34.8 Å². The van der Waals surface area contributed by atoms with Crippen molar-refractivity contribution in [1.82, 2.24) is 0 Å². The van der Waals surface area contributed by atoms with Gasteiger partial charge in [0, 0.05) is 28.8 Å². The van der Waals surface area contributed by atoms with E-state index in [2.05, 4.69) is 0 Å². The monoisotopic (exact) mass is 306 g/mol. The summed E-state index contributed by atoms with van der Waals surface area (Å²) in [4.78, 5) is 0. The second-order valence-electron chi connectivity index (χ2n) is 4.87. The van der Waals surface area contributed by atoms with Crippen LogP contribution in [-0.2, 0) is 10.2 Å². The van der Waals surface area contributed by atoms with Gasteiger partial charge in [0.1, 0.15) is 0 Å². The molecule has 1 saturated heterocycles. The van der Waals surface area contributed by atoms with Gasteiger partial charge in [-0.2, -0.15) is 0 Å². The van der Waals surface area contributed by atoms with E-state index in [0.717, 1.165) is 36.5 Å². The largest absolute Gasteiger partial charge is 0.378 e. The Hall–Kier alpha value is 0.0500. The molecule has 1 nitrogen and oxygen atoms in total. The molecular formula is C14H17Cl3O. The lowest BCUT2D eigenvalue weighted by molar-refractivity contribution is 0.0885. The zero-order chi connectivity index (χ0) is 13.0. The Bertz CT molecular complexity index is 384. The molecule has 1 aliphatic rings. The van der Waals surface area contributed by atoms with Gasteiger partial charge < -0.3 is 4.74 Å². The van der Waals surface area contributed by atoms with Crippen LogP contribution in [0, 0.1) is 0 Å². The van der Waals surface area contributed by atoms with Crippen molar-refractivity contribution in [3.05, 3.63) is 34.9 Å². The Morgan fingerprint density at radius 3 is 2.50 bits per heavy atom. The molecule has 0 saturated carbocycles. The number of ether oxygens (including phenoxy) is 1.